The molecule has 1 atom stereocenters. The number of carbonyl (C=O) groups excluding carboxylic acids is 1. The summed E-state index contributed by atoms with van der Waals surface area (Å²) in [6.45, 7) is 5.04. The summed E-state index contributed by atoms with van der Waals surface area (Å²) in [4.78, 5) is 23.1. The third-order valence-corrected chi connectivity index (χ3v) is 2.97. The van der Waals surface area contributed by atoms with Crippen molar-refractivity contribution in [1.29, 1.82) is 0 Å². The van der Waals surface area contributed by atoms with Gasteiger partial charge in [-0.05, 0) is 17.5 Å². The molecule has 1 aromatic carbocycles. The van der Waals surface area contributed by atoms with Crippen molar-refractivity contribution in [3.8, 4) is 0 Å². The molecule has 1 aromatic rings. The molecule has 0 radical (unpaired) electrons. The van der Waals surface area contributed by atoms with E-state index in [1.165, 1.54) is 12.1 Å². The molecule has 6 heteroatoms. The lowest BCUT2D eigenvalue weighted by molar-refractivity contribution is -0.142. The summed E-state index contributed by atoms with van der Waals surface area (Å²) < 4.78 is 13.2. The average Bonchev–Trinajstić information content (AvgIpc) is 2.27. The van der Waals surface area contributed by atoms with Gasteiger partial charge in [-0.15, -0.1) is 0 Å². The molecule has 0 aliphatic carbocycles. The molecule has 0 aliphatic rings. The van der Waals surface area contributed by atoms with Crippen LogP contribution in [0.1, 0.15) is 31.1 Å². The first kappa shape index (κ1) is 15.4. The maximum atomic E-state index is 13.2. The molecule has 0 bridgehead atoms. The molecular weight excluding hydrogens is 273 g/mol. The highest BCUT2D eigenvalue weighted by atomic mass is 35.5. The zero-order valence-electron chi connectivity index (χ0n) is 10.8. The van der Waals surface area contributed by atoms with Crippen LogP contribution in [0.4, 0.5) is 4.39 Å². The first-order chi connectivity index (χ1) is 8.64. The number of halogens is 2. The van der Waals surface area contributed by atoms with E-state index in [-0.39, 0.29) is 10.6 Å². The van der Waals surface area contributed by atoms with Gasteiger partial charge in [-0.2, -0.15) is 0 Å². The second kappa shape index (κ2) is 5.57. The van der Waals surface area contributed by atoms with E-state index in [0.717, 1.165) is 6.07 Å². The van der Waals surface area contributed by atoms with E-state index in [1.807, 2.05) is 0 Å². The highest BCUT2D eigenvalue weighted by molar-refractivity contribution is 6.34. The largest absolute Gasteiger partial charge is 0.480 e. The van der Waals surface area contributed by atoms with Crippen molar-refractivity contribution in [2.24, 2.45) is 5.41 Å². The van der Waals surface area contributed by atoms with Gasteiger partial charge in [-0.3, -0.25) is 4.79 Å². The topological polar surface area (TPSA) is 66.4 Å². The van der Waals surface area contributed by atoms with Crippen LogP contribution in [-0.4, -0.2) is 23.0 Å². The highest BCUT2D eigenvalue weighted by Gasteiger charge is 2.33. The summed E-state index contributed by atoms with van der Waals surface area (Å²) >= 11 is 5.68. The van der Waals surface area contributed by atoms with Crippen LogP contribution >= 0.6 is 11.6 Å². The summed E-state index contributed by atoms with van der Waals surface area (Å²) in [6.07, 6.45) is 0. The number of benzene rings is 1. The van der Waals surface area contributed by atoms with E-state index >= 15 is 0 Å². The summed E-state index contributed by atoms with van der Waals surface area (Å²) in [5, 5.41) is 11.1. The van der Waals surface area contributed by atoms with Crippen LogP contribution in [0.25, 0.3) is 0 Å². The fourth-order valence-corrected chi connectivity index (χ4v) is 1.75. The summed E-state index contributed by atoms with van der Waals surface area (Å²) in [6, 6.07) is 2.70. The van der Waals surface area contributed by atoms with Crippen LogP contribution < -0.4 is 5.32 Å². The molecular formula is C13H15ClFNO3. The number of carboxylic acid groups (broad SMARTS) is 1. The number of rotatable bonds is 3. The van der Waals surface area contributed by atoms with Crippen LogP contribution in [-0.2, 0) is 4.79 Å². The van der Waals surface area contributed by atoms with E-state index in [1.54, 1.807) is 20.8 Å². The second-order valence-electron chi connectivity index (χ2n) is 5.21. The van der Waals surface area contributed by atoms with E-state index < -0.39 is 29.2 Å². The lowest BCUT2D eigenvalue weighted by Crippen LogP contribution is -2.49. The Morgan fingerprint density at radius 1 is 1.37 bits per heavy atom. The number of amides is 1. The third-order valence-electron chi connectivity index (χ3n) is 2.58. The molecule has 4 nitrogen and oxygen atoms in total. The minimum atomic E-state index is -1.16. The van der Waals surface area contributed by atoms with Gasteiger partial charge in [0.05, 0.1) is 10.6 Å². The van der Waals surface area contributed by atoms with E-state index in [0.29, 0.717) is 0 Å². The molecule has 0 aliphatic heterocycles. The fraction of sp³-hybridized carbons (Fsp3) is 0.385. The molecule has 0 heterocycles. The van der Waals surface area contributed by atoms with Crippen molar-refractivity contribution in [3.05, 3.63) is 34.6 Å². The number of aliphatic carboxylic acids is 1. The van der Waals surface area contributed by atoms with Crippen LogP contribution in [0.15, 0.2) is 18.2 Å². The Kier molecular flexibility index (Phi) is 4.52. The highest BCUT2D eigenvalue weighted by Crippen LogP contribution is 2.22. The Labute approximate surface area is 115 Å². The van der Waals surface area contributed by atoms with Gasteiger partial charge >= 0.3 is 5.97 Å². The van der Waals surface area contributed by atoms with Crippen molar-refractivity contribution < 1.29 is 19.1 Å². The zero-order valence-corrected chi connectivity index (χ0v) is 11.6. The SMILES string of the molecule is CC(C)(C)[C@@H](NC(=O)c1cccc(F)c1Cl)C(=O)O. The van der Waals surface area contributed by atoms with Crippen molar-refractivity contribution in [2.75, 3.05) is 0 Å². The first-order valence-corrected chi connectivity index (χ1v) is 6.00. The Morgan fingerprint density at radius 2 is 1.95 bits per heavy atom. The zero-order chi connectivity index (χ0) is 14.8. The Bertz CT molecular complexity index is 511. The van der Waals surface area contributed by atoms with Crippen molar-refractivity contribution >= 4 is 23.5 Å². The van der Waals surface area contributed by atoms with Gasteiger partial charge in [0.1, 0.15) is 11.9 Å². The van der Waals surface area contributed by atoms with E-state index in [2.05, 4.69) is 5.32 Å². The summed E-state index contributed by atoms with van der Waals surface area (Å²) in [5.74, 6) is -2.60. The predicted octanol–water partition coefficient (Wildman–Crippen LogP) is 2.71. The second-order valence-corrected chi connectivity index (χ2v) is 5.59. The van der Waals surface area contributed by atoms with Crippen molar-refractivity contribution in [3.63, 3.8) is 0 Å². The number of nitrogens with one attached hydrogen (secondary N) is 1. The number of hydrogen-bond donors (Lipinski definition) is 2. The summed E-state index contributed by atoms with van der Waals surface area (Å²) in [5.41, 5.74) is -0.765. The van der Waals surface area contributed by atoms with Gasteiger partial charge < -0.3 is 10.4 Å². The van der Waals surface area contributed by atoms with Gasteiger partial charge in [0.15, 0.2) is 0 Å². The lowest BCUT2D eigenvalue weighted by atomic mass is 9.86. The average molecular weight is 288 g/mol. The molecule has 0 spiro atoms. The molecule has 0 fully saturated rings. The molecule has 0 saturated carbocycles. The maximum absolute atomic E-state index is 13.2. The van der Waals surface area contributed by atoms with Gasteiger partial charge in [0.2, 0.25) is 0 Å². The molecule has 2 N–H and O–H groups in total. The first-order valence-electron chi connectivity index (χ1n) is 5.62. The lowest BCUT2D eigenvalue weighted by Gasteiger charge is -2.27. The number of carboxylic acids is 1. The van der Waals surface area contributed by atoms with Crippen molar-refractivity contribution in [2.45, 2.75) is 26.8 Å². The maximum Gasteiger partial charge on any atom is 0.326 e. The number of carbonyl (C=O) groups is 2. The third kappa shape index (κ3) is 3.67. The molecule has 0 saturated heterocycles. The van der Waals surface area contributed by atoms with Crippen LogP contribution in [0.5, 0.6) is 0 Å². The van der Waals surface area contributed by atoms with Gasteiger partial charge in [0.25, 0.3) is 5.91 Å². The van der Waals surface area contributed by atoms with Crippen LogP contribution in [0.2, 0.25) is 5.02 Å². The molecule has 1 rings (SSSR count). The van der Waals surface area contributed by atoms with Crippen LogP contribution in [0, 0.1) is 11.2 Å². The summed E-state index contributed by atoms with van der Waals surface area (Å²) in [7, 11) is 0. The normalized spacial score (nSPS) is 12.9. The Hall–Kier alpha value is -1.62. The van der Waals surface area contributed by atoms with Gasteiger partial charge in [-0.25, -0.2) is 9.18 Å². The molecule has 1 amide bonds. The minimum absolute atomic E-state index is 0.0860. The molecule has 19 heavy (non-hydrogen) atoms. The monoisotopic (exact) mass is 287 g/mol. The quantitative estimate of drug-likeness (QED) is 0.898. The van der Waals surface area contributed by atoms with Crippen molar-refractivity contribution in [1.82, 2.24) is 5.32 Å². The predicted molar refractivity (Wildman–Crippen MR) is 69.8 cm³/mol. The molecule has 0 unspecified atom stereocenters. The molecule has 104 valence electrons. The Morgan fingerprint density at radius 3 is 2.42 bits per heavy atom. The number of hydrogen-bond acceptors (Lipinski definition) is 2. The van der Waals surface area contributed by atoms with Gasteiger partial charge in [-0.1, -0.05) is 38.4 Å². The van der Waals surface area contributed by atoms with Crippen LogP contribution in [0.3, 0.4) is 0 Å². The smallest absolute Gasteiger partial charge is 0.326 e. The van der Waals surface area contributed by atoms with Gasteiger partial charge in [0, 0.05) is 0 Å². The fourth-order valence-electron chi connectivity index (χ4n) is 1.54. The minimum Gasteiger partial charge on any atom is -0.480 e. The molecule has 0 aromatic heterocycles. The van der Waals surface area contributed by atoms with E-state index in [4.69, 9.17) is 16.7 Å². The Balaban J connectivity index is 3.02. The standard InChI is InChI=1S/C13H15ClFNO3/c1-13(2,3)10(12(18)19)16-11(17)7-5-4-6-8(15)9(7)14/h4-6,10H,1-3H3,(H,16,17)(H,18,19)/t10-/m0/s1. The van der Waals surface area contributed by atoms with E-state index in [9.17, 15) is 14.0 Å².